The summed E-state index contributed by atoms with van der Waals surface area (Å²) < 4.78 is 10.6. The van der Waals surface area contributed by atoms with Crippen LogP contribution in [0.3, 0.4) is 0 Å². The Morgan fingerprint density at radius 2 is 2.17 bits per heavy atom. The van der Waals surface area contributed by atoms with Crippen molar-refractivity contribution >= 4 is 28.2 Å². The van der Waals surface area contributed by atoms with Crippen LogP contribution in [0.1, 0.15) is 41.6 Å². The second kappa shape index (κ2) is 8.60. The van der Waals surface area contributed by atoms with Crippen LogP contribution in [0.25, 0.3) is 0 Å². The average Bonchev–Trinajstić information content (AvgIpc) is 2.82. The van der Waals surface area contributed by atoms with E-state index in [-0.39, 0.29) is 18.0 Å². The van der Waals surface area contributed by atoms with Crippen LogP contribution >= 0.6 is 11.3 Å². The zero-order chi connectivity index (χ0) is 17.7. The lowest BCUT2D eigenvalue weighted by atomic mass is 10.1. The van der Waals surface area contributed by atoms with Crippen molar-refractivity contribution in [3.8, 4) is 0 Å². The number of hydrogen-bond acceptors (Lipinski definition) is 6. The summed E-state index contributed by atoms with van der Waals surface area (Å²) in [5, 5.41) is 3.50. The summed E-state index contributed by atoms with van der Waals surface area (Å²) in [6.07, 6.45) is 0.866. The fourth-order valence-corrected chi connectivity index (χ4v) is 4.06. The maximum absolute atomic E-state index is 12.4. The summed E-state index contributed by atoms with van der Waals surface area (Å²) in [5.74, 6) is -0.479. The van der Waals surface area contributed by atoms with Crippen molar-refractivity contribution in [3.63, 3.8) is 0 Å². The molecule has 0 saturated carbocycles. The van der Waals surface area contributed by atoms with Gasteiger partial charge < -0.3 is 14.8 Å². The third-order valence-electron chi connectivity index (χ3n) is 3.99. The molecule has 1 aromatic heterocycles. The molecule has 1 aliphatic rings. The van der Waals surface area contributed by atoms with Crippen molar-refractivity contribution in [1.82, 2.24) is 4.90 Å². The van der Waals surface area contributed by atoms with Gasteiger partial charge in [-0.3, -0.25) is 9.69 Å². The van der Waals surface area contributed by atoms with Gasteiger partial charge in [0, 0.05) is 18.0 Å². The first kappa shape index (κ1) is 18.9. The smallest absolute Gasteiger partial charge is 0.341 e. The Bertz CT molecular complexity index is 600. The van der Waals surface area contributed by atoms with Gasteiger partial charge in [0.25, 0.3) is 0 Å². The summed E-state index contributed by atoms with van der Waals surface area (Å²) >= 11 is 1.43. The molecule has 0 bridgehead atoms. The number of thiophene rings is 1. The third-order valence-corrected chi connectivity index (χ3v) is 5.05. The van der Waals surface area contributed by atoms with Crippen molar-refractivity contribution in [1.29, 1.82) is 0 Å². The Morgan fingerprint density at radius 1 is 1.42 bits per heavy atom. The topological polar surface area (TPSA) is 67.9 Å². The van der Waals surface area contributed by atoms with Gasteiger partial charge in [-0.2, -0.15) is 0 Å². The number of nitrogens with one attached hydrogen (secondary N) is 1. The minimum atomic E-state index is -0.367. The molecule has 1 amide bonds. The molecule has 0 aromatic carbocycles. The molecule has 0 spiro atoms. The SMILES string of the molecule is CCOC(=O)c1c(NC(=O)CN2CCO[C@H](C)C2)sc(C)c1CC. The number of carbonyl (C=O) groups is 2. The monoisotopic (exact) mass is 354 g/mol. The highest BCUT2D eigenvalue weighted by molar-refractivity contribution is 7.16. The van der Waals surface area contributed by atoms with Gasteiger partial charge in [-0.05, 0) is 32.8 Å². The average molecular weight is 354 g/mol. The van der Waals surface area contributed by atoms with Crippen LogP contribution in [0, 0.1) is 6.92 Å². The number of nitrogens with zero attached hydrogens (tertiary/aromatic N) is 1. The number of morpholine rings is 1. The van der Waals surface area contributed by atoms with E-state index >= 15 is 0 Å². The van der Waals surface area contributed by atoms with Crippen LogP contribution in [0.4, 0.5) is 5.00 Å². The molecule has 24 heavy (non-hydrogen) atoms. The maximum atomic E-state index is 12.4. The first-order chi connectivity index (χ1) is 11.5. The molecule has 7 heteroatoms. The van der Waals surface area contributed by atoms with E-state index in [4.69, 9.17) is 9.47 Å². The summed E-state index contributed by atoms with van der Waals surface area (Å²) in [4.78, 5) is 27.8. The zero-order valence-corrected chi connectivity index (χ0v) is 15.6. The molecule has 2 rings (SSSR count). The Morgan fingerprint density at radius 3 is 2.79 bits per heavy atom. The van der Waals surface area contributed by atoms with E-state index < -0.39 is 0 Å². The molecular weight excluding hydrogens is 328 g/mol. The summed E-state index contributed by atoms with van der Waals surface area (Å²) in [7, 11) is 0. The number of amides is 1. The number of rotatable bonds is 6. The van der Waals surface area contributed by atoms with Gasteiger partial charge in [0.2, 0.25) is 5.91 Å². The van der Waals surface area contributed by atoms with Gasteiger partial charge >= 0.3 is 5.97 Å². The summed E-state index contributed by atoms with van der Waals surface area (Å²) in [6.45, 7) is 10.5. The van der Waals surface area contributed by atoms with E-state index in [9.17, 15) is 9.59 Å². The Labute approximate surface area is 147 Å². The second-order valence-corrected chi connectivity index (χ2v) is 7.10. The predicted molar refractivity (Wildman–Crippen MR) is 94.9 cm³/mol. The first-order valence-corrected chi connectivity index (χ1v) is 9.21. The van der Waals surface area contributed by atoms with Gasteiger partial charge in [-0.25, -0.2) is 4.79 Å². The van der Waals surface area contributed by atoms with E-state index in [0.717, 1.165) is 30.0 Å². The quantitative estimate of drug-likeness (QED) is 0.795. The van der Waals surface area contributed by atoms with Crippen molar-refractivity contribution in [2.75, 3.05) is 38.2 Å². The minimum Gasteiger partial charge on any atom is -0.462 e. The lowest BCUT2D eigenvalue weighted by Crippen LogP contribution is -2.44. The van der Waals surface area contributed by atoms with E-state index in [1.807, 2.05) is 20.8 Å². The third kappa shape index (κ3) is 4.55. The van der Waals surface area contributed by atoms with Crippen molar-refractivity contribution < 1.29 is 19.1 Å². The first-order valence-electron chi connectivity index (χ1n) is 8.39. The Hall–Kier alpha value is -1.44. The van der Waals surface area contributed by atoms with Crippen LogP contribution < -0.4 is 5.32 Å². The van der Waals surface area contributed by atoms with Crippen LogP contribution in [0.2, 0.25) is 0 Å². The van der Waals surface area contributed by atoms with Crippen molar-refractivity contribution in [3.05, 3.63) is 16.0 Å². The largest absolute Gasteiger partial charge is 0.462 e. The number of esters is 1. The molecule has 1 saturated heterocycles. The fraction of sp³-hybridized carbons (Fsp3) is 0.647. The second-order valence-electron chi connectivity index (χ2n) is 5.88. The van der Waals surface area contributed by atoms with Gasteiger partial charge in [-0.1, -0.05) is 6.92 Å². The van der Waals surface area contributed by atoms with Crippen molar-refractivity contribution in [2.24, 2.45) is 0 Å². The molecule has 134 valence electrons. The van der Waals surface area contributed by atoms with Crippen LogP contribution in [0.15, 0.2) is 0 Å². The zero-order valence-electron chi connectivity index (χ0n) is 14.8. The summed E-state index contributed by atoms with van der Waals surface area (Å²) in [5.41, 5.74) is 1.46. The molecule has 1 fully saturated rings. The van der Waals surface area contributed by atoms with Gasteiger partial charge in [-0.15, -0.1) is 11.3 Å². The number of hydrogen-bond donors (Lipinski definition) is 1. The summed E-state index contributed by atoms with van der Waals surface area (Å²) in [6, 6.07) is 0. The van der Waals surface area contributed by atoms with Gasteiger partial charge in [0.1, 0.15) is 5.00 Å². The van der Waals surface area contributed by atoms with Crippen molar-refractivity contribution in [2.45, 2.75) is 40.2 Å². The molecule has 1 aromatic rings. The Balaban J connectivity index is 2.10. The molecule has 6 nitrogen and oxygen atoms in total. The predicted octanol–water partition coefficient (Wildman–Crippen LogP) is 2.45. The van der Waals surface area contributed by atoms with E-state index in [2.05, 4.69) is 10.2 Å². The highest BCUT2D eigenvalue weighted by Crippen LogP contribution is 2.34. The molecule has 1 N–H and O–H groups in total. The standard InChI is InChI=1S/C17H26N2O4S/c1-5-13-12(4)24-16(15(13)17(21)22-6-2)18-14(20)10-19-7-8-23-11(3)9-19/h11H,5-10H2,1-4H3,(H,18,20)/t11-/m1/s1. The lowest BCUT2D eigenvalue weighted by Gasteiger charge is -2.30. The molecule has 0 radical (unpaired) electrons. The van der Waals surface area contributed by atoms with E-state index in [1.165, 1.54) is 11.3 Å². The minimum absolute atomic E-state index is 0.112. The number of aryl methyl sites for hydroxylation is 1. The number of anilines is 1. The Kier molecular flexibility index (Phi) is 6.77. The van der Waals surface area contributed by atoms with Crippen LogP contribution in [-0.2, 0) is 20.7 Å². The van der Waals surface area contributed by atoms with Gasteiger partial charge in [0.15, 0.2) is 0 Å². The lowest BCUT2D eigenvalue weighted by molar-refractivity contribution is -0.119. The number of carbonyl (C=O) groups excluding carboxylic acids is 2. The molecule has 0 aliphatic carbocycles. The van der Waals surface area contributed by atoms with Gasteiger partial charge in [0.05, 0.1) is 31.4 Å². The normalized spacial score (nSPS) is 18.4. The van der Waals surface area contributed by atoms with Crippen LogP contribution in [0.5, 0.6) is 0 Å². The molecular formula is C17H26N2O4S. The van der Waals surface area contributed by atoms with Crippen LogP contribution in [-0.4, -0.2) is 55.7 Å². The number of ether oxygens (including phenoxy) is 2. The molecule has 1 aliphatic heterocycles. The highest BCUT2D eigenvalue weighted by atomic mass is 32.1. The van der Waals surface area contributed by atoms with E-state index in [0.29, 0.717) is 30.3 Å². The highest BCUT2D eigenvalue weighted by Gasteiger charge is 2.25. The molecule has 2 heterocycles. The molecule has 0 unspecified atom stereocenters. The fourth-order valence-electron chi connectivity index (χ4n) is 2.92. The molecule has 1 atom stereocenters. The maximum Gasteiger partial charge on any atom is 0.341 e. The van der Waals surface area contributed by atoms with E-state index in [1.54, 1.807) is 6.92 Å².